The SMILES string of the molecule is C=CCCc1ccc(OCCCOc2ccc(C(C)=O)c(O)c2CCC)cc1. The van der Waals surface area contributed by atoms with Crippen LogP contribution in [0.15, 0.2) is 49.1 Å². The van der Waals surface area contributed by atoms with Crippen LogP contribution in [0.4, 0.5) is 0 Å². The van der Waals surface area contributed by atoms with Crippen LogP contribution < -0.4 is 9.47 Å². The number of aromatic hydroxyl groups is 1. The van der Waals surface area contributed by atoms with Crippen molar-refractivity contribution in [3.63, 3.8) is 0 Å². The van der Waals surface area contributed by atoms with Gasteiger partial charge in [0.25, 0.3) is 0 Å². The molecule has 0 saturated carbocycles. The highest BCUT2D eigenvalue weighted by molar-refractivity contribution is 5.97. The fraction of sp³-hybridized carbons (Fsp3) is 0.375. The number of aryl methyl sites for hydroxylation is 1. The maximum Gasteiger partial charge on any atom is 0.163 e. The van der Waals surface area contributed by atoms with E-state index >= 15 is 0 Å². The van der Waals surface area contributed by atoms with Crippen molar-refractivity contribution in [2.45, 2.75) is 46.0 Å². The third-order valence-electron chi connectivity index (χ3n) is 4.49. The number of allylic oxidation sites excluding steroid dienone is 1. The van der Waals surface area contributed by atoms with Gasteiger partial charge in [-0.05, 0) is 56.0 Å². The number of phenolic OH excluding ortho intramolecular Hbond substituents is 1. The van der Waals surface area contributed by atoms with E-state index in [-0.39, 0.29) is 11.5 Å². The molecule has 4 nitrogen and oxygen atoms in total. The van der Waals surface area contributed by atoms with Gasteiger partial charge in [0.1, 0.15) is 17.2 Å². The van der Waals surface area contributed by atoms with Gasteiger partial charge in [0.05, 0.1) is 18.8 Å². The fourth-order valence-corrected chi connectivity index (χ4v) is 2.98. The van der Waals surface area contributed by atoms with E-state index in [0.29, 0.717) is 36.5 Å². The normalized spacial score (nSPS) is 10.5. The summed E-state index contributed by atoms with van der Waals surface area (Å²) in [5.41, 5.74) is 2.31. The molecule has 0 bridgehead atoms. The van der Waals surface area contributed by atoms with Gasteiger partial charge in [-0.1, -0.05) is 31.6 Å². The molecule has 150 valence electrons. The van der Waals surface area contributed by atoms with Gasteiger partial charge in [-0.15, -0.1) is 6.58 Å². The number of carbonyl (C=O) groups excluding carboxylic acids is 1. The van der Waals surface area contributed by atoms with E-state index in [0.717, 1.165) is 31.4 Å². The third kappa shape index (κ3) is 6.15. The number of hydrogen-bond donors (Lipinski definition) is 1. The second-order valence-corrected chi connectivity index (χ2v) is 6.77. The molecule has 0 saturated heterocycles. The molecule has 0 amide bonds. The number of hydrogen-bond acceptors (Lipinski definition) is 4. The van der Waals surface area contributed by atoms with Gasteiger partial charge < -0.3 is 14.6 Å². The first-order valence-corrected chi connectivity index (χ1v) is 9.88. The molecule has 4 heteroatoms. The van der Waals surface area contributed by atoms with Crippen LogP contribution in [0.25, 0.3) is 0 Å². The Morgan fingerprint density at radius 1 is 1.07 bits per heavy atom. The Morgan fingerprint density at radius 2 is 1.79 bits per heavy atom. The molecule has 0 aromatic heterocycles. The highest BCUT2D eigenvalue weighted by Gasteiger charge is 2.15. The maximum absolute atomic E-state index is 11.6. The number of ketones is 1. The summed E-state index contributed by atoms with van der Waals surface area (Å²) < 4.78 is 11.6. The van der Waals surface area contributed by atoms with Crippen molar-refractivity contribution >= 4 is 5.78 Å². The minimum atomic E-state index is -0.148. The number of Topliss-reactive ketones (excluding diaryl/α,β-unsaturated/α-hetero) is 1. The first kappa shape index (κ1) is 21.5. The molecule has 0 aliphatic heterocycles. The van der Waals surface area contributed by atoms with Crippen molar-refractivity contribution < 1.29 is 19.4 Å². The number of benzene rings is 2. The highest BCUT2D eigenvalue weighted by Crippen LogP contribution is 2.33. The summed E-state index contributed by atoms with van der Waals surface area (Å²) in [6, 6.07) is 11.5. The van der Waals surface area contributed by atoms with Crippen LogP contribution in [0.1, 0.15) is 54.6 Å². The lowest BCUT2D eigenvalue weighted by molar-refractivity contribution is 0.101. The van der Waals surface area contributed by atoms with Gasteiger partial charge in [0.2, 0.25) is 0 Å². The van der Waals surface area contributed by atoms with Gasteiger partial charge in [-0.2, -0.15) is 0 Å². The van der Waals surface area contributed by atoms with Crippen molar-refractivity contribution in [1.29, 1.82) is 0 Å². The number of ether oxygens (including phenoxy) is 2. The van der Waals surface area contributed by atoms with E-state index in [1.807, 2.05) is 25.1 Å². The molecule has 2 aromatic carbocycles. The Hall–Kier alpha value is -2.75. The Balaban J connectivity index is 1.84. The standard InChI is InChI=1S/C24H30O4/c1-4-6-9-19-10-12-20(13-11-19)27-16-7-17-28-23-15-14-21(18(3)25)24(26)22(23)8-5-2/h4,10-15,26H,1,5-9,16-17H2,2-3H3. The summed E-state index contributed by atoms with van der Waals surface area (Å²) in [4.78, 5) is 11.6. The van der Waals surface area contributed by atoms with E-state index in [1.165, 1.54) is 12.5 Å². The molecule has 0 aliphatic rings. The van der Waals surface area contributed by atoms with Crippen LogP contribution in [0.3, 0.4) is 0 Å². The lowest BCUT2D eigenvalue weighted by Gasteiger charge is -2.15. The fourth-order valence-electron chi connectivity index (χ4n) is 2.98. The van der Waals surface area contributed by atoms with Crippen molar-refractivity contribution in [1.82, 2.24) is 0 Å². The van der Waals surface area contributed by atoms with Crippen molar-refractivity contribution in [3.05, 3.63) is 65.7 Å². The Morgan fingerprint density at radius 3 is 2.43 bits per heavy atom. The Kier molecular flexibility index (Phi) is 8.60. The molecule has 0 atom stereocenters. The first-order chi connectivity index (χ1) is 13.6. The molecule has 0 unspecified atom stereocenters. The van der Waals surface area contributed by atoms with Gasteiger partial charge in [-0.3, -0.25) is 4.79 Å². The van der Waals surface area contributed by atoms with Crippen LogP contribution in [0.5, 0.6) is 17.2 Å². The smallest absolute Gasteiger partial charge is 0.163 e. The third-order valence-corrected chi connectivity index (χ3v) is 4.49. The topological polar surface area (TPSA) is 55.8 Å². The minimum absolute atomic E-state index is 0.0413. The molecular weight excluding hydrogens is 352 g/mol. The number of rotatable bonds is 12. The minimum Gasteiger partial charge on any atom is -0.507 e. The summed E-state index contributed by atoms with van der Waals surface area (Å²) in [6.07, 6.45) is 6.13. The van der Waals surface area contributed by atoms with Crippen LogP contribution in [0.2, 0.25) is 0 Å². The first-order valence-electron chi connectivity index (χ1n) is 9.88. The number of carbonyl (C=O) groups is 1. The summed E-state index contributed by atoms with van der Waals surface area (Å²) in [5, 5.41) is 10.4. The van der Waals surface area contributed by atoms with Crippen LogP contribution >= 0.6 is 0 Å². The molecule has 0 spiro atoms. The van der Waals surface area contributed by atoms with Gasteiger partial charge in [-0.25, -0.2) is 0 Å². The average Bonchev–Trinajstić information content (AvgIpc) is 2.69. The van der Waals surface area contributed by atoms with E-state index in [2.05, 4.69) is 18.7 Å². The molecular formula is C24H30O4. The van der Waals surface area contributed by atoms with Crippen molar-refractivity contribution in [2.24, 2.45) is 0 Å². The summed E-state index contributed by atoms with van der Waals surface area (Å²) in [6.45, 7) is 8.25. The second-order valence-electron chi connectivity index (χ2n) is 6.77. The molecule has 2 aromatic rings. The second kappa shape index (κ2) is 11.2. The zero-order valence-corrected chi connectivity index (χ0v) is 16.9. The van der Waals surface area contributed by atoms with E-state index in [9.17, 15) is 9.90 Å². The van der Waals surface area contributed by atoms with Crippen molar-refractivity contribution in [2.75, 3.05) is 13.2 Å². The molecule has 0 fully saturated rings. The monoisotopic (exact) mass is 382 g/mol. The van der Waals surface area contributed by atoms with Crippen molar-refractivity contribution in [3.8, 4) is 17.2 Å². The summed E-state index contributed by atoms with van der Waals surface area (Å²) in [7, 11) is 0. The highest BCUT2D eigenvalue weighted by atomic mass is 16.5. The lowest BCUT2D eigenvalue weighted by atomic mass is 10.0. The molecule has 0 radical (unpaired) electrons. The van der Waals surface area contributed by atoms with Gasteiger partial charge >= 0.3 is 0 Å². The predicted molar refractivity (Wildman–Crippen MR) is 113 cm³/mol. The summed E-state index contributed by atoms with van der Waals surface area (Å²) in [5.74, 6) is 1.37. The average molecular weight is 383 g/mol. The lowest BCUT2D eigenvalue weighted by Crippen LogP contribution is -2.07. The zero-order chi connectivity index (χ0) is 20.4. The molecule has 1 N–H and O–H groups in total. The van der Waals surface area contributed by atoms with E-state index < -0.39 is 0 Å². The molecule has 0 aliphatic carbocycles. The predicted octanol–water partition coefficient (Wildman–Crippen LogP) is 5.51. The maximum atomic E-state index is 11.6. The molecule has 2 rings (SSSR count). The number of phenols is 1. The van der Waals surface area contributed by atoms with Gasteiger partial charge in [0, 0.05) is 12.0 Å². The van der Waals surface area contributed by atoms with E-state index in [1.54, 1.807) is 12.1 Å². The van der Waals surface area contributed by atoms with Crippen LogP contribution in [-0.4, -0.2) is 24.1 Å². The van der Waals surface area contributed by atoms with Gasteiger partial charge in [0.15, 0.2) is 5.78 Å². The largest absolute Gasteiger partial charge is 0.507 e. The van der Waals surface area contributed by atoms with Crippen LogP contribution in [-0.2, 0) is 12.8 Å². The summed E-state index contributed by atoms with van der Waals surface area (Å²) >= 11 is 0. The Bertz CT molecular complexity index is 778. The molecule has 28 heavy (non-hydrogen) atoms. The zero-order valence-electron chi connectivity index (χ0n) is 16.9. The molecule has 0 heterocycles. The van der Waals surface area contributed by atoms with E-state index in [4.69, 9.17) is 9.47 Å². The Labute approximate surface area is 167 Å². The van der Waals surface area contributed by atoms with Crippen LogP contribution in [0, 0.1) is 0 Å². The quantitative estimate of drug-likeness (QED) is 0.299.